The van der Waals surface area contributed by atoms with Gasteiger partial charge in [0.15, 0.2) is 0 Å². The van der Waals surface area contributed by atoms with Crippen LogP contribution < -0.4 is 0 Å². The number of rotatable bonds is 1. The number of likely N-dealkylation sites (N-methyl/N-ethyl adjacent to an activating group) is 1. The van der Waals surface area contributed by atoms with Gasteiger partial charge in [-0.1, -0.05) is 6.42 Å². The third-order valence-electron chi connectivity index (χ3n) is 2.90. The SMILES string of the molecule is CN1C(=O)OCC1N1CCCCC1. The first kappa shape index (κ1) is 8.81. The lowest BCUT2D eigenvalue weighted by atomic mass is 10.1. The number of hydrogen-bond donors (Lipinski definition) is 0. The third-order valence-corrected chi connectivity index (χ3v) is 2.90. The maximum absolute atomic E-state index is 11.1. The molecule has 4 heteroatoms. The Kier molecular flexibility index (Phi) is 2.40. The topological polar surface area (TPSA) is 32.8 Å². The fraction of sp³-hybridized carbons (Fsp3) is 0.889. The van der Waals surface area contributed by atoms with E-state index in [0.29, 0.717) is 6.61 Å². The number of amides is 1. The van der Waals surface area contributed by atoms with Gasteiger partial charge in [-0.3, -0.25) is 9.80 Å². The molecule has 0 N–H and O–H groups in total. The van der Waals surface area contributed by atoms with E-state index in [1.165, 1.54) is 19.3 Å². The molecule has 1 amide bonds. The molecule has 0 aromatic rings. The van der Waals surface area contributed by atoms with Crippen LogP contribution in [0.3, 0.4) is 0 Å². The van der Waals surface area contributed by atoms with Crippen molar-refractivity contribution in [2.24, 2.45) is 0 Å². The Hall–Kier alpha value is -0.770. The molecule has 0 saturated carbocycles. The molecule has 1 atom stereocenters. The van der Waals surface area contributed by atoms with Gasteiger partial charge in [-0.25, -0.2) is 4.79 Å². The Balaban J connectivity index is 1.95. The Morgan fingerprint density at radius 2 is 2.00 bits per heavy atom. The highest BCUT2D eigenvalue weighted by Crippen LogP contribution is 2.18. The second-order valence-electron chi connectivity index (χ2n) is 3.77. The van der Waals surface area contributed by atoms with Gasteiger partial charge in [0.05, 0.1) is 0 Å². The lowest BCUT2D eigenvalue weighted by Gasteiger charge is -2.33. The van der Waals surface area contributed by atoms with Gasteiger partial charge in [-0.15, -0.1) is 0 Å². The number of cyclic esters (lactones) is 1. The fourth-order valence-corrected chi connectivity index (χ4v) is 2.05. The van der Waals surface area contributed by atoms with Crippen LogP contribution in [0, 0.1) is 0 Å². The van der Waals surface area contributed by atoms with E-state index in [1.807, 2.05) is 7.05 Å². The van der Waals surface area contributed by atoms with E-state index >= 15 is 0 Å². The maximum atomic E-state index is 11.1. The van der Waals surface area contributed by atoms with E-state index in [0.717, 1.165) is 13.1 Å². The molecule has 0 aromatic carbocycles. The van der Waals surface area contributed by atoms with Gasteiger partial charge in [-0.2, -0.15) is 0 Å². The van der Waals surface area contributed by atoms with Gasteiger partial charge in [0.1, 0.15) is 12.8 Å². The third kappa shape index (κ3) is 1.63. The number of nitrogens with zero attached hydrogens (tertiary/aromatic N) is 2. The highest BCUT2D eigenvalue weighted by molar-refractivity contribution is 5.69. The van der Waals surface area contributed by atoms with Crippen LogP contribution in [0.5, 0.6) is 0 Å². The van der Waals surface area contributed by atoms with E-state index in [4.69, 9.17) is 4.74 Å². The first-order chi connectivity index (χ1) is 6.29. The molecule has 2 fully saturated rings. The zero-order valence-corrected chi connectivity index (χ0v) is 8.03. The summed E-state index contributed by atoms with van der Waals surface area (Å²) in [5, 5.41) is 0. The van der Waals surface area contributed by atoms with Crippen molar-refractivity contribution in [2.75, 3.05) is 26.7 Å². The number of likely N-dealkylation sites (tertiary alicyclic amines) is 1. The molecule has 13 heavy (non-hydrogen) atoms. The standard InChI is InChI=1S/C9H16N2O2/c1-10-8(7-13-9(10)12)11-5-3-2-4-6-11/h8H,2-7H2,1H3. The van der Waals surface area contributed by atoms with Gasteiger partial charge in [0.25, 0.3) is 0 Å². The minimum Gasteiger partial charge on any atom is -0.446 e. The molecule has 2 heterocycles. The highest BCUT2D eigenvalue weighted by atomic mass is 16.6. The number of carbonyl (C=O) groups excluding carboxylic acids is 1. The van der Waals surface area contributed by atoms with Crippen LogP contribution in [0.15, 0.2) is 0 Å². The molecular formula is C9H16N2O2. The van der Waals surface area contributed by atoms with Crippen molar-refractivity contribution in [3.05, 3.63) is 0 Å². The quantitative estimate of drug-likeness (QED) is 0.606. The summed E-state index contributed by atoms with van der Waals surface area (Å²) in [6.07, 6.45) is 3.82. The largest absolute Gasteiger partial charge is 0.446 e. The fourth-order valence-electron chi connectivity index (χ4n) is 2.05. The minimum absolute atomic E-state index is 0.185. The summed E-state index contributed by atoms with van der Waals surface area (Å²) < 4.78 is 4.98. The highest BCUT2D eigenvalue weighted by Gasteiger charge is 2.34. The minimum atomic E-state index is -0.185. The summed E-state index contributed by atoms with van der Waals surface area (Å²) >= 11 is 0. The van der Waals surface area contributed by atoms with Gasteiger partial charge in [-0.05, 0) is 12.8 Å². The summed E-state index contributed by atoms with van der Waals surface area (Å²) in [5.41, 5.74) is 0. The van der Waals surface area contributed by atoms with Crippen LogP contribution in [-0.4, -0.2) is 48.8 Å². The Morgan fingerprint density at radius 1 is 1.31 bits per heavy atom. The molecule has 1 unspecified atom stereocenters. The Morgan fingerprint density at radius 3 is 2.54 bits per heavy atom. The van der Waals surface area contributed by atoms with Gasteiger partial charge >= 0.3 is 6.09 Å². The van der Waals surface area contributed by atoms with Gasteiger partial charge in [0.2, 0.25) is 0 Å². The molecule has 74 valence electrons. The predicted octanol–water partition coefficient (Wildman–Crippen LogP) is 0.880. The number of hydrogen-bond acceptors (Lipinski definition) is 3. The van der Waals surface area contributed by atoms with Crippen LogP contribution in [0.4, 0.5) is 4.79 Å². The van der Waals surface area contributed by atoms with Crippen LogP contribution in [0.1, 0.15) is 19.3 Å². The van der Waals surface area contributed by atoms with Gasteiger partial charge in [0, 0.05) is 20.1 Å². The Bertz CT molecular complexity index is 202. The summed E-state index contributed by atoms with van der Waals surface area (Å²) in [7, 11) is 1.81. The van der Waals surface area contributed by atoms with Crippen LogP contribution in [0.25, 0.3) is 0 Å². The van der Waals surface area contributed by atoms with Crippen LogP contribution >= 0.6 is 0 Å². The molecule has 0 bridgehead atoms. The van der Waals surface area contributed by atoms with E-state index in [1.54, 1.807) is 4.90 Å². The first-order valence-corrected chi connectivity index (χ1v) is 4.92. The van der Waals surface area contributed by atoms with Crippen molar-refractivity contribution in [3.8, 4) is 0 Å². The summed E-state index contributed by atoms with van der Waals surface area (Å²) in [5.74, 6) is 0. The second-order valence-corrected chi connectivity index (χ2v) is 3.77. The van der Waals surface area contributed by atoms with E-state index < -0.39 is 0 Å². The van der Waals surface area contributed by atoms with Crippen molar-refractivity contribution in [3.63, 3.8) is 0 Å². The van der Waals surface area contributed by atoms with Crippen molar-refractivity contribution in [2.45, 2.75) is 25.4 Å². The molecule has 0 spiro atoms. The van der Waals surface area contributed by atoms with Gasteiger partial charge < -0.3 is 4.74 Å². The normalized spacial score (nSPS) is 30.7. The van der Waals surface area contributed by atoms with E-state index in [2.05, 4.69) is 4.90 Å². The lowest BCUT2D eigenvalue weighted by molar-refractivity contribution is 0.0884. The Labute approximate surface area is 78.4 Å². The molecule has 4 nitrogen and oxygen atoms in total. The molecule has 2 aliphatic heterocycles. The van der Waals surface area contributed by atoms with Crippen LogP contribution in [-0.2, 0) is 4.74 Å². The molecule has 2 rings (SSSR count). The summed E-state index contributed by atoms with van der Waals surface area (Å²) in [4.78, 5) is 15.1. The van der Waals surface area contributed by atoms with Crippen molar-refractivity contribution in [1.82, 2.24) is 9.80 Å². The van der Waals surface area contributed by atoms with E-state index in [-0.39, 0.29) is 12.3 Å². The predicted molar refractivity (Wildman–Crippen MR) is 48.3 cm³/mol. The average molecular weight is 184 g/mol. The second kappa shape index (κ2) is 3.54. The van der Waals surface area contributed by atoms with Crippen molar-refractivity contribution >= 4 is 6.09 Å². The lowest BCUT2D eigenvalue weighted by Crippen LogP contribution is -2.47. The molecule has 0 aromatic heterocycles. The zero-order valence-electron chi connectivity index (χ0n) is 8.03. The van der Waals surface area contributed by atoms with E-state index in [9.17, 15) is 4.79 Å². The number of piperidine rings is 1. The van der Waals surface area contributed by atoms with Crippen LogP contribution in [0.2, 0.25) is 0 Å². The molecule has 0 aliphatic carbocycles. The monoisotopic (exact) mass is 184 g/mol. The number of carbonyl (C=O) groups is 1. The zero-order chi connectivity index (χ0) is 9.26. The molecule has 2 saturated heterocycles. The first-order valence-electron chi connectivity index (χ1n) is 4.92. The molecule has 0 radical (unpaired) electrons. The van der Waals surface area contributed by atoms with Crippen molar-refractivity contribution < 1.29 is 9.53 Å². The van der Waals surface area contributed by atoms with Crippen molar-refractivity contribution in [1.29, 1.82) is 0 Å². The average Bonchev–Trinajstić information content (AvgIpc) is 2.49. The smallest absolute Gasteiger partial charge is 0.411 e. The maximum Gasteiger partial charge on any atom is 0.411 e. The molecule has 2 aliphatic rings. The summed E-state index contributed by atoms with van der Waals surface area (Å²) in [6.45, 7) is 2.74. The summed E-state index contributed by atoms with van der Waals surface area (Å²) in [6, 6.07) is 0. The molecular weight excluding hydrogens is 168 g/mol. The number of ether oxygens (including phenoxy) is 1.